The van der Waals surface area contributed by atoms with Crippen molar-refractivity contribution in [3.8, 4) is 0 Å². The van der Waals surface area contributed by atoms with Crippen LogP contribution in [-0.2, 0) is 13.0 Å². The Morgan fingerprint density at radius 1 is 1.46 bits per heavy atom. The van der Waals surface area contributed by atoms with Crippen LogP contribution in [0.15, 0.2) is 24.5 Å². The molecule has 0 fully saturated rings. The number of aromatic nitrogens is 1. The zero-order chi connectivity index (χ0) is 8.10. The molecule has 0 aliphatic heterocycles. The van der Waals surface area contributed by atoms with Crippen LogP contribution in [0.25, 0.3) is 0 Å². The minimum absolute atomic E-state index is 0. The molecule has 0 aliphatic rings. The molecule has 0 aliphatic carbocycles. The Bertz CT molecular complexity index is 231. The lowest BCUT2D eigenvalue weighted by Crippen LogP contribution is -3.00. The fourth-order valence-electron chi connectivity index (χ4n) is 1.07. The van der Waals surface area contributed by atoms with Gasteiger partial charge in [0, 0.05) is 11.6 Å². The van der Waals surface area contributed by atoms with E-state index in [-0.39, 0.29) is 29.4 Å². The van der Waals surface area contributed by atoms with Crippen molar-refractivity contribution >= 4 is 12.4 Å². The van der Waals surface area contributed by atoms with Crippen molar-refractivity contribution in [2.24, 2.45) is 5.73 Å². The fraction of sp³-hybridized carbons (Fsp3) is 0.444. The van der Waals surface area contributed by atoms with E-state index in [0.29, 0.717) is 6.54 Å². The summed E-state index contributed by atoms with van der Waals surface area (Å²) in [6, 6.07) is 4.20. The number of nitrogens with zero attached hydrogens (tertiary/aromatic N) is 1. The molecule has 0 amide bonds. The van der Waals surface area contributed by atoms with Crippen molar-refractivity contribution in [2.75, 3.05) is 6.54 Å². The molecule has 1 aromatic heterocycles. The van der Waals surface area contributed by atoms with Crippen LogP contribution in [0.4, 0.5) is 0 Å². The molecule has 2 nitrogen and oxygen atoms in total. The molecule has 0 spiro atoms. The van der Waals surface area contributed by atoms with E-state index in [1.54, 1.807) is 0 Å². The molecule has 1 aromatic rings. The van der Waals surface area contributed by atoms with Gasteiger partial charge >= 0.3 is 0 Å². The summed E-state index contributed by atoms with van der Waals surface area (Å²) in [7, 11) is 0. The summed E-state index contributed by atoms with van der Waals surface area (Å²) >= 11 is 0. The molecular formula is C9H16BrClN2. The lowest BCUT2D eigenvalue weighted by atomic mass is 10.2. The quantitative estimate of drug-likeness (QED) is 0.626. The molecular weight excluding hydrogens is 251 g/mol. The molecule has 1 heterocycles. The molecule has 13 heavy (non-hydrogen) atoms. The van der Waals surface area contributed by atoms with Crippen molar-refractivity contribution in [3.05, 3.63) is 30.1 Å². The number of pyridine rings is 1. The normalized spacial score (nSPS) is 8.46. The fourth-order valence-corrected chi connectivity index (χ4v) is 1.07. The second-order valence-corrected chi connectivity index (χ2v) is 2.59. The Hall–Kier alpha value is -0.120. The van der Waals surface area contributed by atoms with Gasteiger partial charge in [-0.25, -0.2) is 4.57 Å². The van der Waals surface area contributed by atoms with Crippen LogP contribution < -0.4 is 27.3 Å². The van der Waals surface area contributed by atoms with Gasteiger partial charge in [-0.1, -0.05) is 6.92 Å². The van der Waals surface area contributed by atoms with E-state index in [2.05, 4.69) is 29.8 Å². The monoisotopic (exact) mass is 266 g/mol. The van der Waals surface area contributed by atoms with E-state index in [1.807, 2.05) is 6.20 Å². The molecule has 0 atom stereocenters. The SMILES string of the molecule is CCc1ccc[n+](CCN)c1.Cl.[Br-]. The number of rotatable bonds is 3. The average molecular weight is 268 g/mol. The van der Waals surface area contributed by atoms with Crippen molar-refractivity contribution < 1.29 is 21.5 Å². The summed E-state index contributed by atoms with van der Waals surface area (Å²) in [5.74, 6) is 0. The van der Waals surface area contributed by atoms with E-state index in [0.717, 1.165) is 13.0 Å². The molecule has 76 valence electrons. The molecule has 0 saturated heterocycles. The first-order valence-corrected chi connectivity index (χ1v) is 4.05. The zero-order valence-corrected chi connectivity index (χ0v) is 10.1. The first kappa shape index (κ1) is 15.4. The van der Waals surface area contributed by atoms with Crippen molar-refractivity contribution in [3.63, 3.8) is 0 Å². The summed E-state index contributed by atoms with van der Waals surface area (Å²) in [6.45, 7) is 3.77. The predicted octanol–water partition coefficient (Wildman–Crippen LogP) is -2.08. The zero-order valence-electron chi connectivity index (χ0n) is 7.74. The number of halogens is 2. The van der Waals surface area contributed by atoms with Gasteiger partial charge in [0.2, 0.25) is 0 Å². The summed E-state index contributed by atoms with van der Waals surface area (Å²) in [4.78, 5) is 0. The molecule has 0 bridgehead atoms. The molecule has 1 rings (SSSR count). The van der Waals surface area contributed by atoms with Crippen LogP contribution in [-0.4, -0.2) is 6.54 Å². The Kier molecular flexibility index (Phi) is 10.0. The minimum atomic E-state index is 0. The van der Waals surface area contributed by atoms with Gasteiger partial charge in [0.1, 0.15) is 0 Å². The maximum Gasteiger partial charge on any atom is 0.172 e. The van der Waals surface area contributed by atoms with Crippen LogP contribution in [0.2, 0.25) is 0 Å². The summed E-state index contributed by atoms with van der Waals surface area (Å²) in [5.41, 5.74) is 6.79. The minimum Gasteiger partial charge on any atom is -1.00 e. The van der Waals surface area contributed by atoms with Crippen molar-refractivity contribution in [2.45, 2.75) is 19.9 Å². The Labute approximate surface area is 96.3 Å². The molecule has 0 aromatic carbocycles. The third-order valence-electron chi connectivity index (χ3n) is 1.72. The molecule has 0 saturated carbocycles. The van der Waals surface area contributed by atoms with E-state index < -0.39 is 0 Å². The molecule has 2 N–H and O–H groups in total. The van der Waals surface area contributed by atoms with Gasteiger partial charge in [-0.2, -0.15) is 0 Å². The predicted molar refractivity (Wildman–Crippen MR) is 52.3 cm³/mol. The van der Waals surface area contributed by atoms with Crippen LogP contribution in [0, 0.1) is 0 Å². The highest BCUT2D eigenvalue weighted by molar-refractivity contribution is 5.85. The highest BCUT2D eigenvalue weighted by Crippen LogP contribution is 1.93. The standard InChI is InChI=1S/C9H15N2.BrH.ClH/c1-2-9-4-3-6-11(8-9)7-5-10;;/h3-4,6,8H,2,5,7,10H2,1H3;2*1H/q+1;;/p-1. The van der Waals surface area contributed by atoms with Gasteiger partial charge in [-0.3, -0.25) is 0 Å². The Morgan fingerprint density at radius 3 is 2.69 bits per heavy atom. The molecule has 4 heteroatoms. The summed E-state index contributed by atoms with van der Waals surface area (Å²) in [5, 5.41) is 0. The van der Waals surface area contributed by atoms with E-state index in [9.17, 15) is 0 Å². The van der Waals surface area contributed by atoms with Crippen LogP contribution in [0.5, 0.6) is 0 Å². The number of nitrogens with two attached hydrogens (primary N) is 1. The molecule has 0 radical (unpaired) electrons. The van der Waals surface area contributed by atoms with Gasteiger partial charge in [0.15, 0.2) is 18.9 Å². The second kappa shape index (κ2) is 8.48. The third kappa shape index (κ3) is 5.24. The van der Waals surface area contributed by atoms with E-state index in [4.69, 9.17) is 5.73 Å². The van der Waals surface area contributed by atoms with Gasteiger partial charge in [-0.05, 0) is 12.5 Å². The maximum absolute atomic E-state index is 5.43. The van der Waals surface area contributed by atoms with Crippen LogP contribution in [0.1, 0.15) is 12.5 Å². The topological polar surface area (TPSA) is 29.9 Å². The highest BCUT2D eigenvalue weighted by atomic mass is 79.9. The smallest absolute Gasteiger partial charge is 0.172 e. The van der Waals surface area contributed by atoms with Gasteiger partial charge in [0.25, 0.3) is 0 Å². The van der Waals surface area contributed by atoms with Crippen LogP contribution in [0.3, 0.4) is 0 Å². The van der Waals surface area contributed by atoms with E-state index in [1.165, 1.54) is 5.56 Å². The lowest BCUT2D eigenvalue weighted by molar-refractivity contribution is -0.694. The number of hydrogen-bond acceptors (Lipinski definition) is 1. The third-order valence-corrected chi connectivity index (χ3v) is 1.72. The first-order valence-electron chi connectivity index (χ1n) is 4.05. The number of hydrogen-bond donors (Lipinski definition) is 1. The Morgan fingerprint density at radius 2 is 2.15 bits per heavy atom. The van der Waals surface area contributed by atoms with Crippen molar-refractivity contribution in [1.29, 1.82) is 0 Å². The largest absolute Gasteiger partial charge is 1.00 e. The maximum atomic E-state index is 5.43. The van der Waals surface area contributed by atoms with Crippen LogP contribution >= 0.6 is 12.4 Å². The molecule has 0 unspecified atom stereocenters. The average Bonchev–Trinajstić information content (AvgIpc) is 2.06. The highest BCUT2D eigenvalue weighted by Gasteiger charge is 1.98. The van der Waals surface area contributed by atoms with Gasteiger partial charge in [-0.15, -0.1) is 12.4 Å². The summed E-state index contributed by atoms with van der Waals surface area (Å²) < 4.78 is 2.12. The van der Waals surface area contributed by atoms with E-state index >= 15 is 0 Å². The first-order chi connectivity index (χ1) is 5.36. The van der Waals surface area contributed by atoms with Gasteiger partial charge in [0.05, 0.1) is 6.54 Å². The second-order valence-electron chi connectivity index (χ2n) is 2.59. The number of aryl methyl sites for hydroxylation is 1. The lowest BCUT2D eigenvalue weighted by Gasteiger charge is -1.95. The van der Waals surface area contributed by atoms with Gasteiger partial charge < -0.3 is 22.7 Å². The van der Waals surface area contributed by atoms with Crippen molar-refractivity contribution in [1.82, 2.24) is 0 Å². The summed E-state index contributed by atoms with van der Waals surface area (Å²) in [6.07, 6.45) is 5.28. The Balaban J connectivity index is 0.